The molecule has 1 heterocycles. The van der Waals surface area contributed by atoms with Crippen LogP contribution in [0.3, 0.4) is 0 Å². The first kappa shape index (κ1) is 23.2. The van der Waals surface area contributed by atoms with Gasteiger partial charge in [-0.1, -0.05) is 29.1 Å². The van der Waals surface area contributed by atoms with Crippen molar-refractivity contribution in [2.75, 3.05) is 7.11 Å². The molecule has 0 bridgehead atoms. The summed E-state index contributed by atoms with van der Waals surface area (Å²) in [7, 11) is 1.67. The maximum Gasteiger partial charge on any atom is 0.257 e. The standard InChI is InChI=1S/C29H30N2O4/c1-20-30-28(35-31-20)22-7-5-6-21(18-22)12-15-29(16-13-24(32)14-17-29)23-10-11-26(33-2)27(19-23)34-25-8-3-4-9-25/h5-7,10-11,18-19,25H,3-4,8-9,13-14,16-17H2,1-2H3. The summed E-state index contributed by atoms with van der Waals surface area (Å²) in [6.07, 6.45) is 7.21. The topological polar surface area (TPSA) is 74.5 Å². The molecule has 2 saturated carbocycles. The van der Waals surface area contributed by atoms with Crippen LogP contribution in [0.15, 0.2) is 47.0 Å². The average Bonchev–Trinajstić information content (AvgIpc) is 3.56. The third kappa shape index (κ3) is 5.09. The number of ether oxygens (including phenoxy) is 2. The predicted molar refractivity (Wildman–Crippen MR) is 132 cm³/mol. The Bertz CT molecular complexity index is 1270. The fourth-order valence-electron chi connectivity index (χ4n) is 5.03. The van der Waals surface area contributed by atoms with Gasteiger partial charge in [0.1, 0.15) is 5.78 Å². The maximum absolute atomic E-state index is 12.1. The van der Waals surface area contributed by atoms with Crippen LogP contribution in [0.4, 0.5) is 0 Å². The second kappa shape index (κ2) is 9.95. The molecule has 6 heteroatoms. The summed E-state index contributed by atoms with van der Waals surface area (Å²) in [5.74, 6) is 9.82. The molecule has 0 atom stereocenters. The Morgan fingerprint density at radius 2 is 1.86 bits per heavy atom. The van der Waals surface area contributed by atoms with Crippen molar-refractivity contribution >= 4 is 5.78 Å². The monoisotopic (exact) mass is 470 g/mol. The van der Waals surface area contributed by atoms with Gasteiger partial charge in [0.15, 0.2) is 17.3 Å². The molecule has 0 N–H and O–H groups in total. The largest absolute Gasteiger partial charge is 0.493 e. The van der Waals surface area contributed by atoms with E-state index in [0.717, 1.165) is 41.0 Å². The summed E-state index contributed by atoms with van der Waals surface area (Å²) < 4.78 is 17.3. The number of hydrogen-bond acceptors (Lipinski definition) is 6. The van der Waals surface area contributed by atoms with E-state index in [0.29, 0.717) is 43.2 Å². The van der Waals surface area contributed by atoms with E-state index in [-0.39, 0.29) is 6.10 Å². The Kier molecular flexibility index (Phi) is 6.59. The highest BCUT2D eigenvalue weighted by Gasteiger charge is 2.36. The van der Waals surface area contributed by atoms with Crippen LogP contribution >= 0.6 is 0 Å². The zero-order chi connectivity index (χ0) is 24.3. The first-order valence-electron chi connectivity index (χ1n) is 12.4. The number of hydrogen-bond donors (Lipinski definition) is 0. The molecule has 0 spiro atoms. The van der Waals surface area contributed by atoms with Gasteiger partial charge < -0.3 is 14.0 Å². The third-order valence-electron chi connectivity index (χ3n) is 7.06. The average molecular weight is 471 g/mol. The van der Waals surface area contributed by atoms with Crippen molar-refractivity contribution in [2.45, 2.75) is 69.8 Å². The van der Waals surface area contributed by atoms with Crippen molar-refractivity contribution in [2.24, 2.45) is 0 Å². The van der Waals surface area contributed by atoms with Crippen molar-refractivity contribution in [3.05, 3.63) is 59.4 Å². The van der Waals surface area contributed by atoms with Crippen LogP contribution in [-0.4, -0.2) is 29.1 Å². The summed E-state index contributed by atoms with van der Waals surface area (Å²) in [6, 6.07) is 13.9. The second-order valence-electron chi connectivity index (χ2n) is 9.49. The van der Waals surface area contributed by atoms with E-state index >= 15 is 0 Å². The van der Waals surface area contributed by atoms with Gasteiger partial charge in [-0.3, -0.25) is 4.79 Å². The molecule has 0 aliphatic heterocycles. The van der Waals surface area contributed by atoms with E-state index in [2.05, 4.69) is 34.1 Å². The number of nitrogens with zero attached hydrogens (tertiary/aromatic N) is 2. The van der Waals surface area contributed by atoms with Crippen LogP contribution in [0.1, 0.15) is 68.3 Å². The lowest BCUT2D eigenvalue weighted by Gasteiger charge is -2.33. The van der Waals surface area contributed by atoms with E-state index in [1.54, 1.807) is 14.0 Å². The number of methoxy groups -OCH3 is 1. The van der Waals surface area contributed by atoms with Crippen LogP contribution in [0.5, 0.6) is 11.5 Å². The molecule has 5 rings (SSSR count). The van der Waals surface area contributed by atoms with E-state index in [1.165, 1.54) is 12.8 Å². The van der Waals surface area contributed by atoms with Gasteiger partial charge in [0.05, 0.1) is 18.6 Å². The van der Waals surface area contributed by atoms with Gasteiger partial charge in [-0.05, 0) is 81.3 Å². The lowest BCUT2D eigenvalue weighted by Crippen LogP contribution is -2.30. The molecule has 0 amide bonds. The van der Waals surface area contributed by atoms with E-state index in [4.69, 9.17) is 14.0 Å². The van der Waals surface area contributed by atoms with Gasteiger partial charge in [0.2, 0.25) is 0 Å². The molecule has 1 aromatic heterocycles. The lowest BCUT2D eigenvalue weighted by molar-refractivity contribution is -0.120. The van der Waals surface area contributed by atoms with Crippen LogP contribution < -0.4 is 9.47 Å². The van der Waals surface area contributed by atoms with Crippen LogP contribution in [-0.2, 0) is 10.2 Å². The summed E-state index contributed by atoms with van der Waals surface area (Å²) in [6.45, 7) is 1.80. The molecule has 180 valence electrons. The van der Waals surface area contributed by atoms with Crippen LogP contribution in [0, 0.1) is 18.8 Å². The number of aryl methyl sites for hydroxylation is 1. The molecule has 2 fully saturated rings. The van der Waals surface area contributed by atoms with Crippen molar-refractivity contribution in [1.29, 1.82) is 0 Å². The number of carbonyl (C=O) groups is 1. The minimum Gasteiger partial charge on any atom is -0.493 e. The number of Topliss-reactive ketones (excluding diaryl/α,β-unsaturated/α-hetero) is 1. The highest BCUT2D eigenvalue weighted by atomic mass is 16.5. The summed E-state index contributed by atoms with van der Waals surface area (Å²) in [4.78, 5) is 16.5. The van der Waals surface area contributed by atoms with Crippen molar-refractivity contribution in [1.82, 2.24) is 10.1 Å². The SMILES string of the molecule is COc1ccc(C2(C#Cc3cccc(-c4nc(C)no4)c3)CCC(=O)CC2)cc1OC1CCCC1. The highest BCUT2D eigenvalue weighted by molar-refractivity contribution is 5.80. The number of benzene rings is 2. The summed E-state index contributed by atoms with van der Waals surface area (Å²) in [5.41, 5.74) is 2.35. The summed E-state index contributed by atoms with van der Waals surface area (Å²) in [5, 5.41) is 3.88. The van der Waals surface area contributed by atoms with E-state index < -0.39 is 5.41 Å². The number of aromatic nitrogens is 2. The molecule has 0 radical (unpaired) electrons. The first-order chi connectivity index (χ1) is 17.0. The van der Waals surface area contributed by atoms with Gasteiger partial charge in [-0.2, -0.15) is 4.98 Å². The minimum atomic E-state index is -0.426. The summed E-state index contributed by atoms with van der Waals surface area (Å²) >= 11 is 0. The third-order valence-corrected chi connectivity index (χ3v) is 7.06. The van der Waals surface area contributed by atoms with Crippen LogP contribution in [0.25, 0.3) is 11.5 Å². The molecule has 0 saturated heterocycles. The normalized spacial score (nSPS) is 17.6. The molecular weight excluding hydrogens is 440 g/mol. The Morgan fingerprint density at radius 1 is 1.06 bits per heavy atom. The zero-order valence-corrected chi connectivity index (χ0v) is 20.3. The quantitative estimate of drug-likeness (QED) is 0.438. The molecule has 0 unspecified atom stereocenters. The number of ketones is 1. The van der Waals surface area contributed by atoms with Gasteiger partial charge >= 0.3 is 0 Å². The molecule has 3 aromatic rings. The zero-order valence-electron chi connectivity index (χ0n) is 20.3. The predicted octanol–water partition coefficient (Wildman–Crippen LogP) is 5.81. The second-order valence-corrected chi connectivity index (χ2v) is 9.49. The first-order valence-corrected chi connectivity index (χ1v) is 12.4. The van der Waals surface area contributed by atoms with Crippen molar-refractivity contribution < 1.29 is 18.8 Å². The molecular formula is C29H30N2O4. The molecule has 2 aliphatic rings. The Morgan fingerprint density at radius 3 is 2.57 bits per heavy atom. The van der Waals surface area contributed by atoms with Gasteiger partial charge in [0, 0.05) is 24.0 Å². The lowest BCUT2D eigenvalue weighted by atomic mass is 9.69. The van der Waals surface area contributed by atoms with Gasteiger partial charge in [-0.25, -0.2) is 0 Å². The molecule has 35 heavy (non-hydrogen) atoms. The van der Waals surface area contributed by atoms with Gasteiger partial charge in [0.25, 0.3) is 5.89 Å². The van der Waals surface area contributed by atoms with E-state index in [9.17, 15) is 4.79 Å². The smallest absolute Gasteiger partial charge is 0.257 e. The maximum atomic E-state index is 12.1. The number of rotatable bonds is 5. The van der Waals surface area contributed by atoms with Gasteiger partial charge in [-0.15, -0.1) is 0 Å². The minimum absolute atomic E-state index is 0.227. The van der Waals surface area contributed by atoms with Crippen molar-refractivity contribution in [3.63, 3.8) is 0 Å². The Labute approximate surface area is 206 Å². The fourth-order valence-corrected chi connectivity index (χ4v) is 5.03. The fraction of sp³-hybridized carbons (Fsp3) is 0.414. The van der Waals surface area contributed by atoms with E-state index in [1.807, 2.05) is 30.3 Å². The molecule has 2 aromatic carbocycles. The highest BCUT2D eigenvalue weighted by Crippen LogP contribution is 2.42. The Hall–Kier alpha value is -3.59. The molecule has 6 nitrogen and oxygen atoms in total. The molecule has 2 aliphatic carbocycles. The van der Waals surface area contributed by atoms with Crippen molar-refractivity contribution in [3.8, 4) is 34.8 Å². The Balaban J connectivity index is 1.50. The number of carbonyl (C=O) groups excluding carboxylic acids is 1. The van der Waals surface area contributed by atoms with Crippen LogP contribution in [0.2, 0.25) is 0 Å².